The summed E-state index contributed by atoms with van der Waals surface area (Å²) in [5.41, 5.74) is -0.596. The molecule has 4 nitrogen and oxygen atoms in total. The van der Waals surface area contributed by atoms with Gasteiger partial charge in [0, 0.05) is 19.6 Å². The quantitative estimate of drug-likeness (QED) is 0.721. The molecule has 0 atom stereocenters. The highest BCUT2D eigenvalue weighted by molar-refractivity contribution is 5.77. The van der Waals surface area contributed by atoms with Gasteiger partial charge in [0.25, 0.3) is 0 Å². The third-order valence-corrected chi connectivity index (χ3v) is 3.20. The Labute approximate surface area is 103 Å². The van der Waals surface area contributed by atoms with Crippen molar-refractivity contribution < 1.29 is 9.53 Å². The molecule has 0 aliphatic heterocycles. The lowest BCUT2D eigenvalue weighted by atomic mass is 9.83. The lowest BCUT2D eigenvalue weighted by Crippen LogP contribution is -2.48. The first-order valence-electron chi connectivity index (χ1n) is 6.52. The van der Waals surface area contributed by atoms with Gasteiger partial charge in [0.15, 0.2) is 0 Å². The summed E-state index contributed by atoms with van der Waals surface area (Å²) in [5, 5.41) is 12.1. The van der Waals surface area contributed by atoms with Crippen LogP contribution in [0, 0.1) is 11.3 Å². The van der Waals surface area contributed by atoms with Gasteiger partial charge in [-0.2, -0.15) is 5.26 Å². The van der Waals surface area contributed by atoms with Crippen molar-refractivity contribution in [2.24, 2.45) is 0 Å². The van der Waals surface area contributed by atoms with Crippen molar-refractivity contribution in [2.45, 2.75) is 57.4 Å². The Morgan fingerprint density at radius 3 is 2.71 bits per heavy atom. The number of carbonyl (C=O) groups is 1. The fourth-order valence-electron chi connectivity index (χ4n) is 2.23. The van der Waals surface area contributed by atoms with E-state index in [9.17, 15) is 10.1 Å². The van der Waals surface area contributed by atoms with Crippen LogP contribution in [-0.4, -0.2) is 24.7 Å². The van der Waals surface area contributed by atoms with Crippen molar-refractivity contribution in [1.82, 2.24) is 5.32 Å². The van der Waals surface area contributed by atoms with Crippen LogP contribution in [-0.2, 0) is 9.53 Å². The second-order valence-corrected chi connectivity index (χ2v) is 4.60. The maximum Gasteiger partial charge on any atom is 0.221 e. The number of rotatable bonds is 6. The van der Waals surface area contributed by atoms with Gasteiger partial charge in [-0.15, -0.1) is 0 Å². The van der Waals surface area contributed by atoms with E-state index in [0.717, 1.165) is 32.1 Å². The number of amides is 1. The number of hydrogen-bond donors (Lipinski definition) is 1. The lowest BCUT2D eigenvalue weighted by Gasteiger charge is -2.31. The maximum atomic E-state index is 11.7. The summed E-state index contributed by atoms with van der Waals surface area (Å²) >= 11 is 0. The monoisotopic (exact) mass is 238 g/mol. The molecule has 0 spiro atoms. The molecule has 96 valence electrons. The molecule has 0 aromatic heterocycles. The van der Waals surface area contributed by atoms with Crippen LogP contribution in [0.5, 0.6) is 0 Å². The zero-order valence-electron chi connectivity index (χ0n) is 10.6. The lowest BCUT2D eigenvalue weighted by molar-refractivity contribution is -0.123. The Kier molecular flexibility index (Phi) is 5.99. The van der Waals surface area contributed by atoms with Gasteiger partial charge in [0.2, 0.25) is 5.91 Å². The van der Waals surface area contributed by atoms with E-state index in [2.05, 4.69) is 11.4 Å². The van der Waals surface area contributed by atoms with E-state index in [1.54, 1.807) is 0 Å². The molecule has 1 rings (SSSR count). The first-order chi connectivity index (χ1) is 8.22. The first kappa shape index (κ1) is 14.0. The van der Waals surface area contributed by atoms with Gasteiger partial charge in [0.1, 0.15) is 5.54 Å². The van der Waals surface area contributed by atoms with E-state index >= 15 is 0 Å². The molecular formula is C13H22N2O2. The molecule has 1 N–H and O–H groups in total. The summed E-state index contributed by atoms with van der Waals surface area (Å²) < 4.78 is 5.18. The van der Waals surface area contributed by atoms with E-state index in [1.165, 1.54) is 6.42 Å². The van der Waals surface area contributed by atoms with Crippen molar-refractivity contribution >= 4 is 5.91 Å². The normalized spacial score (nSPS) is 18.4. The molecule has 0 saturated heterocycles. The molecule has 0 unspecified atom stereocenters. The molecule has 0 aromatic rings. The minimum Gasteiger partial charge on any atom is -0.382 e. The molecule has 17 heavy (non-hydrogen) atoms. The molecule has 0 radical (unpaired) electrons. The molecule has 1 fully saturated rings. The second-order valence-electron chi connectivity index (χ2n) is 4.60. The molecular weight excluding hydrogens is 216 g/mol. The first-order valence-corrected chi connectivity index (χ1v) is 6.52. The SMILES string of the molecule is CCOCCCC(=O)NC1(C#N)CCCCC1. The Morgan fingerprint density at radius 1 is 1.41 bits per heavy atom. The van der Waals surface area contributed by atoms with Crippen LogP contribution in [0.2, 0.25) is 0 Å². The number of ether oxygens (including phenoxy) is 1. The summed E-state index contributed by atoms with van der Waals surface area (Å²) in [4.78, 5) is 11.7. The van der Waals surface area contributed by atoms with Gasteiger partial charge in [0.05, 0.1) is 6.07 Å². The Hall–Kier alpha value is -1.08. The molecule has 0 aromatic carbocycles. The minimum atomic E-state index is -0.596. The summed E-state index contributed by atoms with van der Waals surface area (Å²) in [6, 6.07) is 2.29. The number of nitrogens with zero attached hydrogens (tertiary/aromatic N) is 1. The van der Waals surface area contributed by atoms with Crippen LogP contribution in [0.15, 0.2) is 0 Å². The predicted octanol–water partition coefficient (Wildman–Crippen LogP) is 2.15. The highest BCUT2D eigenvalue weighted by atomic mass is 16.5. The van der Waals surface area contributed by atoms with E-state index in [0.29, 0.717) is 19.6 Å². The standard InChI is InChI=1S/C13H22N2O2/c1-2-17-10-6-7-12(16)15-13(11-14)8-4-3-5-9-13/h2-10H2,1H3,(H,15,16). The summed E-state index contributed by atoms with van der Waals surface area (Å²) in [5.74, 6) is -0.0202. The summed E-state index contributed by atoms with van der Waals surface area (Å²) in [6.45, 7) is 3.24. The van der Waals surface area contributed by atoms with Crippen LogP contribution in [0.1, 0.15) is 51.9 Å². The largest absolute Gasteiger partial charge is 0.382 e. The van der Waals surface area contributed by atoms with Gasteiger partial charge in [-0.25, -0.2) is 0 Å². The molecule has 4 heteroatoms. The van der Waals surface area contributed by atoms with Gasteiger partial charge in [-0.3, -0.25) is 4.79 Å². The van der Waals surface area contributed by atoms with Crippen LogP contribution < -0.4 is 5.32 Å². The molecule has 0 bridgehead atoms. The van der Waals surface area contributed by atoms with Crippen LogP contribution in [0.25, 0.3) is 0 Å². The Bertz CT molecular complexity index is 278. The maximum absolute atomic E-state index is 11.7. The zero-order chi connectivity index (χ0) is 12.6. The topological polar surface area (TPSA) is 62.1 Å². The van der Waals surface area contributed by atoms with Gasteiger partial charge >= 0.3 is 0 Å². The molecule has 1 aliphatic rings. The van der Waals surface area contributed by atoms with Crippen molar-refractivity contribution in [3.8, 4) is 6.07 Å². The van der Waals surface area contributed by atoms with Crippen molar-refractivity contribution in [2.75, 3.05) is 13.2 Å². The van der Waals surface area contributed by atoms with E-state index in [1.807, 2.05) is 6.92 Å². The minimum absolute atomic E-state index is 0.0202. The predicted molar refractivity (Wildman–Crippen MR) is 65.3 cm³/mol. The smallest absolute Gasteiger partial charge is 0.221 e. The number of nitriles is 1. The molecule has 1 saturated carbocycles. The fourth-order valence-corrected chi connectivity index (χ4v) is 2.23. The van der Waals surface area contributed by atoms with Gasteiger partial charge in [-0.05, 0) is 26.2 Å². The van der Waals surface area contributed by atoms with Crippen LogP contribution in [0.4, 0.5) is 0 Å². The summed E-state index contributed by atoms with van der Waals surface area (Å²) in [6.07, 6.45) is 6.00. The Morgan fingerprint density at radius 2 is 2.12 bits per heavy atom. The van der Waals surface area contributed by atoms with Gasteiger partial charge in [-0.1, -0.05) is 19.3 Å². The molecule has 1 aliphatic carbocycles. The highest BCUT2D eigenvalue weighted by Gasteiger charge is 2.33. The molecule has 1 amide bonds. The fraction of sp³-hybridized carbons (Fsp3) is 0.846. The molecule has 0 heterocycles. The highest BCUT2D eigenvalue weighted by Crippen LogP contribution is 2.27. The van der Waals surface area contributed by atoms with Crippen LogP contribution >= 0.6 is 0 Å². The van der Waals surface area contributed by atoms with Crippen molar-refractivity contribution in [3.63, 3.8) is 0 Å². The zero-order valence-corrected chi connectivity index (χ0v) is 10.6. The summed E-state index contributed by atoms with van der Waals surface area (Å²) in [7, 11) is 0. The average molecular weight is 238 g/mol. The van der Waals surface area contributed by atoms with Crippen molar-refractivity contribution in [1.29, 1.82) is 5.26 Å². The van der Waals surface area contributed by atoms with Gasteiger partial charge < -0.3 is 10.1 Å². The number of carbonyl (C=O) groups excluding carboxylic acids is 1. The average Bonchev–Trinajstić information content (AvgIpc) is 2.36. The third-order valence-electron chi connectivity index (χ3n) is 3.20. The Balaban J connectivity index is 2.30. The van der Waals surface area contributed by atoms with E-state index in [4.69, 9.17) is 4.74 Å². The number of nitrogens with one attached hydrogen (secondary N) is 1. The van der Waals surface area contributed by atoms with E-state index in [-0.39, 0.29) is 5.91 Å². The van der Waals surface area contributed by atoms with Crippen molar-refractivity contribution in [3.05, 3.63) is 0 Å². The number of hydrogen-bond acceptors (Lipinski definition) is 3. The second kappa shape index (κ2) is 7.29. The van der Waals surface area contributed by atoms with E-state index < -0.39 is 5.54 Å². The third kappa shape index (κ3) is 4.74. The van der Waals surface area contributed by atoms with Crippen LogP contribution in [0.3, 0.4) is 0 Å².